The van der Waals surface area contributed by atoms with Gasteiger partial charge < -0.3 is 11.1 Å². The molecule has 0 spiro atoms. The Balaban J connectivity index is 1.78. The minimum atomic E-state index is -0.360. The Kier molecular flexibility index (Phi) is 5.08. The highest BCUT2D eigenvalue weighted by atomic mass is 32.2. The minimum absolute atomic E-state index is 0.360. The van der Waals surface area contributed by atoms with Crippen molar-refractivity contribution in [1.29, 1.82) is 0 Å². The third kappa shape index (κ3) is 4.03. The molecule has 0 atom stereocenters. The van der Waals surface area contributed by atoms with Crippen LogP contribution in [0.5, 0.6) is 0 Å². The Morgan fingerprint density at radius 1 is 1.39 bits per heavy atom. The molecule has 98 valence electrons. The molecular formula is C14H20N2OS. The fourth-order valence-electron chi connectivity index (χ4n) is 2.21. The lowest BCUT2D eigenvalue weighted by atomic mass is 10.0. The van der Waals surface area contributed by atoms with Crippen molar-refractivity contribution in [2.24, 2.45) is 11.7 Å². The second-order valence-corrected chi connectivity index (χ2v) is 5.98. The molecule has 0 saturated carbocycles. The van der Waals surface area contributed by atoms with Gasteiger partial charge >= 0.3 is 0 Å². The number of primary amides is 1. The van der Waals surface area contributed by atoms with Crippen molar-refractivity contribution in [1.82, 2.24) is 5.32 Å². The number of carbonyl (C=O) groups is 1. The van der Waals surface area contributed by atoms with Crippen molar-refractivity contribution >= 4 is 17.7 Å². The quantitative estimate of drug-likeness (QED) is 0.855. The summed E-state index contributed by atoms with van der Waals surface area (Å²) in [6.45, 7) is 1.88. The van der Waals surface area contributed by atoms with Gasteiger partial charge in [0.25, 0.3) is 0 Å². The summed E-state index contributed by atoms with van der Waals surface area (Å²) in [4.78, 5) is 11.1. The number of benzene rings is 1. The van der Waals surface area contributed by atoms with Gasteiger partial charge in [-0.2, -0.15) is 11.8 Å². The number of hydrogen-bond acceptors (Lipinski definition) is 3. The van der Waals surface area contributed by atoms with Gasteiger partial charge in [0.2, 0.25) is 5.91 Å². The van der Waals surface area contributed by atoms with Crippen LogP contribution in [0.1, 0.15) is 28.8 Å². The Labute approximate surface area is 113 Å². The van der Waals surface area contributed by atoms with Crippen molar-refractivity contribution in [2.45, 2.75) is 19.4 Å². The van der Waals surface area contributed by atoms with Gasteiger partial charge in [0.1, 0.15) is 0 Å². The monoisotopic (exact) mass is 264 g/mol. The van der Waals surface area contributed by atoms with Crippen LogP contribution in [-0.2, 0) is 6.54 Å². The van der Waals surface area contributed by atoms with Crippen molar-refractivity contribution in [3.05, 3.63) is 35.4 Å². The van der Waals surface area contributed by atoms with E-state index in [4.69, 9.17) is 5.73 Å². The number of hydrogen-bond donors (Lipinski definition) is 2. The maximum Gasteiger partial charge on any atom is 0.248 e. The van der Waals surface area contributed by atoms with E-state index < -0.39 is 0 Å². The van der Waals surface area contributed by atoms with E-state index in [0.717, 1.165) is 24.6 Å². The molecule has 1 aliphatic heterocycles. The van der Waals surface area contributed by atoms with E-state index in [2.05, 4.69) is 17.1 Å². The number of nitrogens with two attached hydrogens (primary N) is 1. The van der Waals surface area contributed by atoms with Gasteiger partial charge in [0.05, 0.1) is 0 Å². The second-order valence-electron chi connectivity index (χ2n) is 4.75. The molecule has 0 bridgehead atoms. The van der Waals surface area contributed by atoms with E-state index >= 15 is 0 Å². The molecule has 0 radical (unpaired) electrons. The molecule has 1 heterocycles. The van der Waals surface area contributed by atoms with E-state index in [0.29, 0.717) is 5.56 Å². The minimum Gasteiger partial charge on any atom is -0.366 e. The molecule has 3 N–H and O–H groups in total. The Morgan fingerprint density at radius 3 is 2.89 bits per heavy atom. The van der Waals surface area contributed by atoms with Gasteiger partial charge in [-0.05, 0) is 54.5 Å². The number of rotatable bonds is 5. The average Bonchev–Trinajstić information content (AvgIpc) is 2.40. The molecule has 1 fully saturated rings. The Morgan fingerprint density at radius 2 is 2.17 bits per heavy atom. The number of thioether (sulfide) groups is 1. The Bertz CT molecular complexity index is 403. The van der Waals surface area contributed by atoms with E-state index in [1.54, 1.807) is 6.07 Å². The summed E-state index contributed by atoms with van der Waals surface area (Å²) < 4.78 is 0. The molecule has 2 rings (SSSR count). The summed E-state index contributed by atoms with van der Waals surface area (Å²) in [6.07, 6.45) is 2.64. The van der Waals surface area contributed by atoms with Crippen LogP contribution in [0.15, 0.2) is 24.3 Å². The molecule has 1 amide bonds. The first kappa shape index (κ1) is 13.4. The highest BCUT2D eigenvalue weighted by Crippen LogP contribution is 2.21. The maximum absolute atomic E-state index is 11.1. The van der Waals surface area contributed by atoms with Gasteiger partial charge in [-0.15, -0.1) is 0 Å². The molecule has 0 unspecified atom stereocenters. The van der Waals surface area contributed by atoms with E-state index in [9.17, 15) is 4.79 Å². The molecular weight excluding hydrogens is 244 g/mol. The van der Waals surface area contributed by atoms with Crippen LogP contribution in [0, 0.1) is 5.92 Å². The standard InChI is InChI=1S/C14H20N2OS/c15-14(17)13-3-1-2-12(8-13)10-16-9-11-4-6-18-7-5-11/h1-3,8,11,16H,4-7,9-10H2,(H2,15,17). The molecule has 0 aromatic heterocycles. The normalized spacial score (nSPS) is 16.7. The maximum atomic E-state index is 11.1. The highest BCUT2D eigenvalue weighted by molar-refractivity contribution is 7.99. The lowest BCUT2D eigenvalue weighted by molar-refractivity contribution is 0.1000. The molecule has 3 nitrogen and oxygen atoms in total. The summed E-state index contributed by atoms with van der Waals surface area (Å²) in [7, 11) is 0. The van der Waals surface area contributed by atoms with Gasteiger partial charge in [0, 0.05) is 12.1 Å². The van der Waals surface area contributed by atoms with Gasteiger partial charge in [-0.1, -0.05) is 12.1 Å². The van der Waals surface area contributed by atoms with Crippen LogP contribution in [0.3, 0.4) is 0 Å². The van der Waals surface area contributed by atoms with Gasteiger partial charge in [-0.25, -0.2) is 0 Å². The van der Waals surface area contributed by atoms with Crippen molar-refractivity contribution in [2.75, 3.05) is 18.1 Å². The van der Waals surface area contributed by atoms with Crippen LogP contribution in [0.25, 0.3) is 0 Å². The first-order valence-corrected chi connectivity index (χ1v) is 7.58. The number of carbonyl (C=O) groups excluding carboxylic acids is 1. The lowest BCUT2D eigenvalue weighted by Gasteiger charge is -2.21. The SMILES string of the molecule is NC(=O)c1cccc(CNCC2CCSCC2)c1. The average molecular weight is 264 g/mol. The predicted octanol–water partition coefficient (Wildman–Crippen LogP) is 2.02. The van der Waals surface area contributed by atoms with Gasteiger partial charge in [-0.3, -0.25) is 4.79 Å². The van der Waals surface area contributed by atoms with Crippen LogP contribution in [0.2, 0.25) is 0 Å². The molecule has 1 saturated heterocycles. The molecule has 1 aromatic rings. The lowest BCUT2D eigenvalue weighted by Crippen LogP contribution is -2.25. The second kappa shape index (κ2) is 6.81. The first-order chi connectivity index (χ1) is 8.75. The third-order valence-corrected chi connectivity index (χ3v) is 4.36. The highest BCUT2D eigenvalue weighted by Gasteiger charge is 2.12. The fraction of sp³-hybridized carbons (Fsp3) is 0.500. The smallest absolute Gasteiger partial charge is 0.248 e. The van der Waals surface area contributed by atoms with Crippen LogP contribution >= 0.6 is 11.8 Å². The predicted molar refractivity (Wildman–Crippen MR) is 76.7 cm³/mol. The Hall–Kier alpha value is -1.00. The summed E-state index contributed by atoms with van der Waals surface area (Å²) in [5, 5.41) is 3.48. The van der Waals surface area contributed by atoms with Crippen LogP contribution < -0.4 is 11.1 Å². The van der Waals surface area contributed by atoms with E-state index in [1.165, 1.54) is 24.3 Å². The number of amides is 1. The largest absolute Gasteiger partial charge is 0.366 e. The first-order valence-electron chi connectivity index (χ1n) is 6.43. The van der Waals surface area contributed by atoms with Crippen LogP contribution in [-0.4, -0.2) is 24.0 Å². The topological polar surface area (TPSA) is 55.1 Å². The van der Waals surface area contributed by atoms with Gasteiger partial charge in [0.15, 0.2) is 0 Å². The fourth-order valence-corrected chi connectivity index (χ4v) is 3.41. The summed E-state index contributed by atoms with van der Waals surface area (Å²) in [5.74, 6) is 3.04. The molecule has 18 heavy (non-hydrogen) atoms. The van der Waals surface area contributed by atoms with Crippen molar-refractivity contribution < 1.29 is 4.79 Å². The van der Waals surface area contributed by atoms with E-state index in [-0.39, 0.29) is 5.91 Å². The van der Waals surface area contributed by atoms with Crippen LogP contribution in [0.4, 0.5) is 0 Å². The van der Waals surface area contributed by atoms with Crippen molar-refractivity contribution in [3.63, 3.8) is 0 Å². The number of nitrogens with one attached hydrogen (secondary N) is 1. The van der Waals surface area contributed by atoms with E-state index in [1.807, 2.05) is 18.2 Å². The summed E-state index contributed by atoms with van der Waals surface area (Å²) >= 11 is 2.05. The zero-order valence-corrected chi connectivity index (χ0v) is 11.3. The molecule has 1 aliphatic rings. The van der Waals surface area contributed by atoms with Crippen molar-refractivity contribution in [3.8, 4) is 0 Å². The zero-order valence-electron chi connectivity index (χ0n) is 10.5. The molecule has 1 aromatic carbocycles. The summed E-state index contributed by atoms with van der Waals surface area (Å²) in [5.41, 5.74) is 6.97. The summed E-state index contributed by atoms with van der Waals surface area (Å²) in [6, 6.07) is 7.53. The zero-order chi connectivity index (χ0) is 12.8. The molecule has 4 heteroatoms. The molecule has 0 aliphatic carbocycles. The third-order valence-electron chi connectivity index (χ3n) is 3.31.